The monoisotopic (exact) mass is 308 g/mol. The van der Waals surface area contributed by atoms with E-state index in [4.69, 9.17) is 0 Å². The van der Waals surface area contributed by atoms with Gasteiger partial charge in [-0.15, -0.1) is 11.3 Å². The number of amides is 1. The van der Waals surface area contributed by atoms with E-state index < -0.39 is 0 Å². The molecule has 1 amide bonds. The predicted molar refractivity (Wildman–Crippen MR) is 83.7 cm³/mol. The lowest BCUT2D eigenvalue weighted by Gasteiger charge is -2.12. The van der Waals surface area contributed by atoms with Crippen molar-refractivity contribution in [3.8, 4) is 0 Å². The zero-order valence-corrected chi connectivity index (χ0v) is 13.6. The maximum Gasteiger partial charge on any atom is 0.294 e. The van der Waals surface area contributed by atoms with Crippen LogP contribution < -0.4 is 10.9 Å². The molecule has 1 unspecified atom stereocenters. The topological polar surface area (TPSA) is 76.9 Å². The summed E-state index contributed by atoms with van der Waals surface area (Å²) in [5, 5.41) is 7.98. The maximum atomic E-state index is 12.4. The van der Waals surface area contributed by atoms with Crippen LogP contribution in [0.2, 0.25) is 0 Å². The molecular formula is C14H20N4O2S. The Morgan fingerprint density at radius 1 is 1.43 bits per heavy atom. The lowest BCUT2D eigenvalue weighted by atomic mass is 10.2. The van der Waals surface area contributed by atoms with Gasteiger partial charge in [0.25, 0.3) is 5.56 Å². The quantitative estimate of drug-likeness (QED) is 0.911. The first kappa shape index (κ1) is 15.6. The van der Waals surface area contributed by atoms with Crippen molar-refractivity contribution in [1.29, 1.82) is 0 Å². The number of fused-ring (bicyclic) bond motifs is 1. The average molecular weight is 308 g/mol. The molecule has 0 radical (unpaired) electrons. The molecule has 114 valence electrons. The Morgan fingerprint density at radius 3 is 2.76 bits per heavy atom. The van der Waals surface area contributed by atoms with Crippen molar-refractivity contribution in [1.82, 2.24) is 20.1 Å². The number of aromatic nitrogens is 3. The first-order valence-electron chi connectivity index (χ1n) is 7.12. The Balaban J connectivity index is 2.35. The number of nitrogens with zero attached hydrogens (tertiary/aromatic N) is 3. The van der Waals surface area contributed by atoms with Crippen molar-refractivity contribution in [3.63, 3.8) is 0 Å². The van der Waals surface area contributed by atoms with Crippen molar-refractivity contribution >= 4 is 27.5 Å². The molecule has 0 bridgehead atoms. The molecule has 0 aliphatic carbocycles. The van der Waals surface area contributed by atoms with E-state index in [0.717, 1.165) is 28.2 Å². The van der Waals surface area contributed by atoms with Crippen molar-refractivity contribution in [2.24, 2.45) is 0 Å². The number of rotatable bonds is 5. The largest absolute Gasteiger partial charge is 0.352 e. The minimum Gasteiger partial charge on any atom is -0.352 e. The Kier molecular flexibility index (Phi) is 4.72. The predicted octanol–water partition coefficient (Wildman–Crippen LogP) is 1.64. The Hall–Kier alpha value is -1.76. The van der Waals surface area contributed by atoms with Gasteiger partial charge in [0.2, 0.25) is 5.91 Å². The smallest absolute Gasteiger partial charge is 0.294 e. The van der Waals surface area contributed by atoms with Crippen LogP contribution in [-0.4, -0.2) is 26.7 Å². The molecule has 1 atom stereocenters. The molecule has 2 heterocycles. The average Bonchev–Trinajstić information content (AvgIpc) is 2.89. The molecule has 0 saturated carbocycles. The van der Waals surface area contributed by atoms with E-state index in [1.807, 2.05) is 27.7 Å². The second kappa shape index (κ2) is 6.34. The van der Waals surface area contributed by atoms with Gasteiger partial charge < -0.3 is 5.32 Å². The number of carbonyl (C=O) groups is 1. The molecule has 0 aliphatic rings. The van der Waals surface area contributed by atoms with Gasteiger partial charge in [0.1, 0.15) is 6.54 Å². The number of carbonyl (C=O) groups excluding carboxylic acids is 1. The van der Waals surface area contributed by atoms with Gasteiger partial charge in [-0.05, 0) is 26.7 Å². The fraction of sp³-hybridized carbons (Fsp3) is 0.571. The highest BCUT2D eigenvalue weighted by Gasteiger charge is 2.15. The first-order valence-corrected chi connectivity index (χ1v) is 7.94. The molecular weight excluding hydrogens is 288 g/mol. The van der Waals surface area contributed by atoms with Crippen molar-refractivity contribution in [2.45, 2.75) is 53.1 Å². The van der Waals surface area contributed by atoms with Gasteiger partial charge in [0.05, 0.1) is 15.4 Å². The summed E-state index contributed by atoms with van der Waals surface area (Å²) in [7, 11) is 0. The molecule has 7 heteroatoms. The van der Waals surface area contributed by atoms with Crippen molar-refractivity contribution in [2.75, 3.05) is 0 Å². The van der Waals surface area contributed by atoms with E-state index in [-0.39, 0.29) is 24.1 Å². The molecule has 0 saturated heterocycles. The standard InChI is InChI=1S/C14H20N4O2S/c1-5-8(3)15-10(19)7-18-14(20)12-13(9(4)17-18)21-11(6-2)16-12/h8H,5-7H2,1-4H3,(H,15,19). The maximum absolute atomic E-state index is 12.4. The van der Waals surface area contributed by atoms with Crippen LogP contribution in [0.25, 0.3) is 10.2 Å². The second-order valence-corrected chi connectivity index (χ2v) is 6.15. The molecule has 0 aromatic carbocycles. The minimum absolute atomic E-state index is 0.0705. The summed E-state index contributed by atoms with van der Waals surface area (Å²) >= 11 is 1.49. The third-order valence-electron chi connectivity index (χ3n) is 3.32. The molecule has 1 N–H and O–H groups in total. The molecule has 0 aliphatic heterocycles. The van der Waals surface area contributed by atoms with Gasteiger partial charge in [-0.3, -0.25) is 9.59 Å². The first-order chi connectivity index (χ1) is 9.96. The minimum atomic E-state index is -0.300. The second-order valence-electron chi connectivity index (χ2n) is 5.06. The van der Waals surface area contributed by atoms with Gasteiger partial charge >= 0.3 is 0 Å². The lowest BCUT2D eigenvalue weighted by molar-refractivity contribution is -0.122. The number of hydrogen-bond donors (Lipinski definition) is 1. The zero-order chi connectivity index (χ0) is 15.6. The number of hydrogen-bond acceptors (Lipinski definition) is 5. The van der Waals surface area contributed by atoms with Crippen molar-refractivity contribution in [3.05, 3.63) is 21.1 Å². The third kappa shape index (κ3) is 3.29. The fourth-order valence-corrected chi connectivity index (χ4v) is 2.90. The van der Waals surface area contributed by atoms with Crippen LogP contribution >= 0.6 is 11.3 Å². The molecule has 2 aromatic rings. The highest BCUT2D eigenvalue weighted by atomic mass is 32.1. The SMILES string of the molecule is CCc1nc2c(=O)n(CC(=O)NC(C)CC)nc(C)c2s1. The summed E-state index contributed by atoms with van der Waals surface area (Å²) in [6, 6.07) is 0.0870. The summed E-state index contributed by atoms with van der Waals surface area (Å²) in [6.45, 7) is 7.68. The Morgan fingerprint density at radius 2 is 2.14 bits per heavy atom. The Bertz CT molecular complexity index is 720. The van der Waals surface area contributed by atoms with E-state index in [9.17, 15) is 9.59 Å². The van der Waals surface area contributed by atoms with Crippen LogP contribution in [0.5, 0.6) is 0 Å². The van der Waals surface area contributed by atoms with Crippen LogP contribution in [-0.2, 0) is 17.8 Å². The number of aryl methyl sites for hydroxylation is 2. The molecule has 21 heavy (non-hydrogen) atoms. The third-order valence-corrected chi connectivity index (χ3v) is 4.63. The molecule has 6 nitrogen and oxygen atoms in total. The highest BCUT2D eigenvalue weighted by molar-refractivity contribution is 7.18. The molecule has 2 rings (SSSR count). The Labute approximate surface area is 127 Å². The van der Waals surface area contributed by atoms with E-state index in [1.165, 1.54) is 16.0 Å². The van der Waals surface area contributed by atoms with Crippen molar-refractivity contribution < 1.29 is 4.79 Å². The van der Waals surface area contributed by atoms with E-state index in [2.05, 4.69) is 15.4 Å². The molecule has 0 fully saturated rings. The normalized spacial score (nSPS) is 12.6. The summed E-state index contributed by atoms with van der Waals surface area (Å²) in [4.78, 5) is 28.6. The van der Waals surface area contributed by atoms with Gasteiger partial charge in [-0.2, -0.15) is 5.10 Å². The van der Waals surface area contributed by atoms with Crippen LogP contribution in [0.3, 0.4) is 0 Å². The zero-order valence-electron chi connectivity index (χ0n) is 12.8. The highest BCUT2D eigenvalue weighted by Crippen LogP contribution is 2.21. The summed E-state index contributed by atoms with van der Waals surface area (Å²) in [5.74, 6) is -0.205. The van der Waals surface area contributed by atoms with Crippen LogP contribution in [0.15, 0.2) is 4.79 Å². The van der Waals surface area contributed by atoms with Gasteiger partial charge in [0, 0.05) is 6.04 Å². The number of nitrogens with one attached hydrogen (secondary N) is 1. The summed E-state index contributed by atoms with van der Waals surface area (Å²) in [5.41, 5.74) is 0.852. The van der Waals surface area contributed by atoms with Crippen LogP contribution in [0, 0.1) is 6.92 Å². The fourth-order valence-electron chi connectivity index (χ4n) is 1.97. The molecule has 0 spiro atoms. The summed E-state index contributed by atoms with van der Waals surface area (Å²) in [6.07, 6.45) is 1.63. The van der Waals surface area contributed by atoms with E-state index in [0.29, 0.717) is 5.52 Å². The number of thiazole rings is 1. The van der Waals surface area contributed by atoms with Gasteiger partial charge in [-0.1, -0.05) is 13.8 Å². The molecule has 2 aromatic heterocycles. The van der Waals surface area contributed by atoms with E-state index in [1.54, 1.807) is 0 Å². The van der Waals surface area contributed by atoms with Gasteiger partial charge in [-0.25, -0.2) is 9.67 Å². The van der Waals surface area contributed by atoms with Crippen LogP contribution in [0.4, 0.5) is 0 Å². The van der Waals surface area contributed by atoms with E-state index >= 15 is 0 Å². The van der Waals surface area contributed by atoms with Crippen LogP contribution in [0.1, 0.15) is 37.9 Å². The lowest BCUT2D eigenvalue weighted by Crippen LogP contribution is -2.38. The van der Waals surface area contributed by atoms with Gasteiger partial charge in [0.15, 0.2) is 5.52 Å². The summed E-state index contributed by atoms with van der Waals surface area (Å²) < 4.78 is 2.02.